The summed E-state index contributed by atoms with van der Waals surface area (Å²) in [6.45, 7) is 0. The van der Waals surface area contributed by atoms with Gasteiger partial charge in [-0.25, -0.2) is 0 Å². The van der Waals surface area contributed by atoms with Crippen LogP contribution in [-0.2, 0) is 11.2 Å². The van der Waals surface area contributed by atoms with Crippen LogP contribution in [0.15, 0.2) is 48.1 Å². The number of allylic oxidation sites excluding steroid dienone is 2. The third-order valence-electron chi connectivity index (χ3n) is 6.75. The Balaban J connectivity index is 1.46. The van der Waals surface area contributed by atoms with Gasteiger partial charge in [0.05, 0.1) is 19.3 Å². The summed E-state index contributed by atoms with van der Waals surface area (Å²) >= 11 is 0. The number of hydrogen-bond donors (Lipinski definition) is 2. The van der Waals surface area contributed by atoms with Gasteiger partial charge in [-0.05, 0) is 61.6 Å². The molecule has 0 saturated heterocycles. The second-order valence-electron chi connectivity index (χ2n) is 9.24. The lowest BCUT2D eigenvalue weighted by Gasteiger charge is -2.19. The summed E-state index contributed by atoms with van der Waals surface area (Å²) < 4.78 is 5.17. The normalized spacial score (nSPS) is 26.0. The number of methoxy groups -OCH3 is 1. The zero-order valence-electron chi connectivity index (χ0n) is 19.0. The highest BCUT2D eigenvalue weighted by Crippen LogP contribution is 2.48. The van der Waals surface area contributed by atoms with Crippen molar-refractivity contribution in [2.24, 2.45) is 17.8 Å². The summed E-state index contributed by atoms with van der Waals surface area (Å²) in [4.78, 5) is 13.4. The molecule has 31 heavy (non-hydrogen) atoms. The van der Waals surface area contributed by atoms with E-state index in [0.717, 1.165) is 43.4 Å². The Morgan fingerprint density at radius 1 is 1.26 bits per heavy atom. The van der Waals surface area contributed by atoms with E-state index in [4.69, 9.17) is 4.74 Å². The second-order valence-corrected chi connectivity index (χ2v) is 9.24. The van der Waals surface area contributed by atoms with E-state index in [1.54, 1.807) is 26.1 Å². The predicted molar refractivity (Wildman–Crippen MR) is 123 cm³/mol. The number of carbonyl (C=O) groups is 1. The van der Waals surface area contributed by atoms with Crippen LogP contribution in [0.4, 0.5) is 0 Å². The molecule has 3 rings (SSSR count). The molecule has 1 fully saturated rings. The molecule has 2 N–H and O–H groups in total. The first-order valence-corrected chi connectivity index (χ1v) is 11.4. The number of amides is 1. The largest absolute Gasteiger partial charge is 0.497 e. The molecular formula is C26H37NO4. The fraction of sp³-hybridized carbons (Fsp3) is 0.577. The summed E-state index contributed by atoms with van der Waals surface area (Å²) in [6, 6.07) is 7.74. The van der Waals surface area contributed by atoms with E-state index in [2.05, 4.69) is 6.08 Å². The molecule has 1 aromatic rings. The van der Waals surface area contributed by atoms with Crippen molar-refractivity contribution >= 4 is 5.91 Å². The minimum atomic E-state index is -0.567. The van der Waals surface area contributed by atoms with Crippen molar-refractivity contribution in [1.29, 1.82) is 0 Å². The van der Waals surface area contributed by atoms with Crippen LogP contribution in [0.3, 0.4) is 0 Å². The summed E-state index contributed by atoms with van der Waals surface area (Å²) in [5, 5.41) is 21.0. The monoisotopic (exact) mass is 427 g/mol. The van der Waals surface area contributed by atoms with Gasteiger partial charge in [0, 0.05) is 32.9 Å². The molecule has 0 aromatic heterocycles. The summed E-state index contributed by atoms with van der Waals surface area (Å²) in [7, 11) is 5.24. The molecular weight excluding hydrogens is 390 g/mol. The van der Waals surface area contributed by atoms with Gasteiger partial charge in [-0.2, -0.15) is 0 Å². The molecule has 1 amide bonds. The minimum absolute atomic E-state index is 0.0968. The lowest BCUT2D eigenvalue weighted by atomic mass is 9.88. The van der Waals surface area contributed by atoms with Crippen LogP contribution < -0.4 is 4.74 Å². The average Bonchev–Trinajstić information content (AvgIpc) is 3.26. The van der Waals surface area contributed by atoms with Gasteiger partial charge in [-0.1, -0.05) is 35.9 Å². The van der Waals surface area contributed by atoms with Crippen LogP contribution >= 0.6 is 0 Å². The molecule has 0 spiro atoms. The third-order valence-corrected chi connectivity index (χ3v) is 6.75. The van der Waals surface area contributed by atoms with Crippen molar-refractivity contribution in [2.45, 2.75) is 57.2 Å². The van der Waals surface area contributed by atoms with Gasteiger partial charge in [0.15, 0.2) is 0 Å². The quantitative estimate of drug-likeness (QED) is 0.441. The summed E-state index contributed by atoms with van der Waals surface area (Å²) in [5.41, 5.74) is 2.52. The van der Waals surface area contributed by atoms with E-state index >= 15 is 0 Å². The van der Waals surface area contributed by atoms with Gasteiger partial charge in [-0.15, -0.1) is 0 Å². The number of carbonyl (C=O) groups excluding carboxylic acids is 1. The SMILES string of the molecule is COc1ccc(C[C@H](O)/C=C/[C@@H]2[C@H]3CC(CCCCC(=O)N(C)C)=C[C@H]3C[C@H]2O)cc1. The first-order valence-electron chi connectivity index (χ1n) is 11.4. The van der Waals surface area contributed by atoms with Crippen molar-refractivity contribution in [3.05, 3.63) is 53.6 Å². The molecule has 1 aromatic carbocycles. The number of ether oxygens (including phenoxy) is 1. The zero-order valence-corrected chi connectivity index (χ0v) is 19.0. The Morgan fingerprint density at radius 3 is 2.68 bits per heavy atom. The van der Waals surface area contributed by atoms with E-state index in [1.165, 1.54) is 5.57 Å². The Kier molecular flexibility index (Phi) is 8.33. The van der Waals surface area contributed by atoms with E-state index in [9.17, 15) is 15.0 Å². The standard InChI is InChI=1S/C26H37NO4/c1-27(2)26(30)7-5-4-6-19-14-20-17-25(29)23(24(20)16-19)13-10-21(28)15-18-8-11-22(31-3)12-9-18/h8-14,20-21,23-25,28-29H,4-7,15-17H2,1-3H3/b13-10+/t20-,21+,23+,24-,25+/m0/s1. The average molecular weight is 428 g/mol. The fourth-order valence-corrected chi connectivity index (χ4v) is 4.97. The van der Waals surface area contributed by atoms with Gasteiger partial charge in [0.2, 0.25) is 5.91 Å². The van der Waals surface area contributed by atoms with Crippen molar-refractivity contribution < 1.29 is 19.7 Å². The zero-order chi connectivity index (χ0) is 22.4. The predicted octanol–water partition coefficient (Wildman–Crippen LogP) is 3.75. The number of unbranched alkanes of at least 4 members (excludes halogenated alkanes) is 1. The number of hydrogen-bond acceptors (Lipinski definition) is 4. The van der Waals surface area contributed by atoms with Crippen LogP contribution in [-0.4, -0.2) is 54.4 Å². The highest BCUT2D eigenvalue weighted by Gasteiger charge is 2.43. The van der Waals surface area contributed by atoms with E-state index in [1.807, 2.05) is 36.4 Å². The van der Waals surface area contributed by atoms with E-state index in [0.29, 0.717) is 24.7 Å². The smallest absolute Gasteiger partial charge is 0.222 e. The molecule has 170 valence electrons. The summed E-state index contributed by atoms with van der Waals surface area (Å²) in [5.74, 6) is 1.96. The van der Waals surface area contributed by atoms with Crippen molar-refractivity contribution in [1.82, 2.24) is 4.90 Å². The molecule has 2 aliphatic rings. The molecule has 0 heterocycles. The maximum absolute atomic E-state index is 11.7. The van der Waals surface area contributed by atoms with Crippen LogP contribution in [0, 0.1) is 17.8 Å². The number of fused-ring (bicyclic) bond motifs is 1. The number of aliphatic hydroxyl groups is 2. The maximum atomic E-state index is 11.7. The third kappa shape index (κ3) is 6.44. The fourth-order valence-electron chi connectivity index (χ4n) is 4.97. The maximum Gasteiger partial charge on any atom is 0.222 e. The molecule has 0 aliphatic heterocycles. The Bertz CT molecular complexity index is 783. The Labute approximate surface area is 186 Å². The number of benzene rings is 1. The molecule has 1 saturated carbocycles. The lowest BCUT2D eigenvalue weighted by Crippen LogP contribution is -2.21. The molecule has 2 aliphatic carbocycles. The van der Waals surface area contributed by atoms with Crippen LogP contribution in [0.25, 0.3) is 0 Å². The highest BCUT2D eigenvalue weighted by molar-refractivity contribution is 5.75. The first-order chi connectivity index (χ1) is 14.9. The number of aliphatic hydroxyl groups excluding tert-OH is 2. The van der Waals surface area contributed by atoms with Gasteiger partial charge in [0.25, 0.3) is 0 Å². The molecule has 0 bridgehead atoms. The first kappa shape index (κ1) is 23.6. The molecule has 5 atom stereocenters. The van der Waals surface area contributed by atoms with Crippen LogP contribution in [0.2, 0.25) is 0 Å². The van der Waals surface area contributed by atoms with Crippen LogP contribution in [0.5, 0.6) is 5.75 Å². The van der Waals surface area contributed by atoms with Crippen molar-refractivity contribution in [3.8, 4) is 5.75 Å². The number of rotatable bonds is 10. The molecule has 0 radical (unpaired) electrons. The van der Waals surface area contributed by atoms with Crippen molar-refractivity contribution in [3.63, 3.8) is 0 Å². The van der Waals surface area contributed by atoms with E-state index in [-0.39, 0.29) is 17.9 Å². The minimum Gasteiger partial charge on any atom is -0.497 e. The lowest BCUT2D eigenvalue weighted by molar-refractivity contribution is -0.128. The molecule has 5 nitrogen and oxygen atoms in total. The highest BCUT2D eigenvalue weighted by atomic mass is 16.5. The van der Waals surface area contributed by atoms with Gasteiger partial charge >= 0.3 is 0 Å². The molecule has 5 heteroatoms. The van der Waals surface area contributed by atoms with Gasteiger partial charge in [0.1, 0.15) is 5.75 Å². The van der Waals surface area contributed by atoms with Gasteiger partial charge < -0.3 is 19.8 Å². The van der Waals surface area contributed by atoms with Crippen molar-refractivity contribution in [2.75, 3.05) is 21.2 Å². The second kappa shape index (κ2) is 11.0. The topological polar surface area (TPSA) is 70.0 Å². The Morgan fingerprint density at radius 2 is 2.00 bits per heavy atom. The summed E-state index contributed by atoms with van der Waals surface area (Å²) in [6.07, 6.45) is 11.3. The Hall–Kier alpha value is -2.11. The van der Waals surface area contributed by atoms with Gasteiger partial charge in [-0.3, -0.25) is 4.79 Å². The van der Waals surface area contributed by atoms with E-state index < -0.39 is 6.10 Å². The van der Waals surface area contributed by atoms with Crippen LogP contribution in [0.1, 0.15) is 44.1 Å². The molecule has 0 unspecified atom stereocenters. The number of nitrogens with zero attached hydrogens (tertiary/aromatic N) is 1.